The first-order valence-corrected chi connectivity index (χ1v) is 22.4. The van der Waals surface area contributed by atoms with Gasteiger partial charge in [0.25, 0.3) is 0 Å². The molecule has 0 aromatic heterocycles. The first-order valence-electron chi connectivity index (χ1n) is 22.4. The van der Waals surface area contributed by atoms with Crippen molar-refractivity contribution in [3.8, 4) is 66.8 Å². The highest BCUT2D eigenvalue weighted by atomic mass is 15.1. The van der Waals surface area contributed by atoms with E-state index < -0.39 is 0 Å². The smallest absolute Gasteiger partial charge is 0.0540 e. The molecule has 0 radical (unpaired) electrons. The minimum atomic E-state index is 0.162. The third kappa shape index (κ3) is 5.98. The predicted molar refractivity (Wildman–Crippen MR) is 260 cm³/mol. The van der Waals surface area contributed by atoms with Gasteiger partial charge in [0.1, 0.15) is 0 Å². The Morgan fingerprint density at radius 3 is 1.44 bits per heavy atom. The molecule has 2 fully saturated rings. The van der Waals surface area contributed by atoms with Gasteiger partial charge < -0.3 is 4.90 Å². The van der Waals surface area contributed by atoms with Crippen LogP contribution in [-0.4, -0.2) is 0 Å². The molecule has 2 bridgehead atoms. The van der Waals surface area contributed by atoms with Crippen LogP contribution in [0.5, 0.6) is 0 Å². The van der Waals surface area contributed by atoms with Crippen LogP contribution in [-0.2, 0) is 5.41 Å². The SMILES string of the molecule is c1ccc(-c2ccc(N(c3ccc(-c4ccc5c(c4)C4(CC6CCC4C6)c4ccccc4-5)cc3)c3ccccc3-c3ccccc3-c3ccccc3-c3ccccc3)cc2)cc1. The highest BCUT2D eigenvalue weighted by molar-refractivity contribution is 5.97. The molecule has 0 saturated heterocycles. The molecular weight excluding hydrogens is 747 g/mol. The van der Waals surface area contributed by atoms with Crippen molar-refractivity contribution in [2.24, 2.45) is 11.8 Å². The van der Waals surface area contributed by atoms with E-state index in [1.54, 1.807) is 11.1 Å². The van der Waals surface area contributed by atoms with Crippen LogP contribution in [0.2, 0.25) is 0 Å². The second-order valence-corrected chi connectivity index (χ2v) is 17.6. The van der Waals surface area contributed by atoms with Gasteiger partial charge in [0.05, 0.1) is 5.69 Å². The average molecular weight is 794 g/mol. The summed E-state index contributed by atoms with van der Waals surface area (Å²) in [6.45, 7) is 0. The van der Waals surface area contributed by atoms with Crippen LogP contribution in [0.25, 0.3) is 66.8 Å². The number of benzene rings is 9. The van der Waals surface area contributed by atoms with E-state index in [-0.39, 0.29) is 5.41 Å². The van der Waals surface area contributed by atoms with E-state index in [4.69, 9.17) is 0 Å². The number of anilines is 3. The minimum Gasteiger partial charge on any atom is -0.310 e. The summed E-state index contributed by atoms with van der Waals surface area (Å²) in [5.41, 5.74) is 21.8. The van der Waals surface area contributed by atoms with E-state index in [1.165, 1.54) is 92.4 Å². The Kier molecular flexibility index (Phi) is 8.89. The van der Waals surface area contributed by atoms with Crippen LogP contribution in [0, 0.1) is 11.8 Å². The van der Waals surface area contributed by atoms with E-state index >= 15 is 0 Å². The zero-order valence-corrected chi connectivity index (χ0v) is 34.8. The standard InChI is InChI=1S/C61H47N/c1-3-15-43(16-4-1)44-28-34-49(35-29-44)62(60-26-14-12-24-57(60)54-22-10-9-21-53(54)52-20-8-7-19-51(52)46-17-5-2-6-18-46)50-36-30-45(31-37-50)47-32-38-56-55-23-11-13-25-58(55)61(59(56)40-47)41-42-27-33-48(61)39-42/h1-26,28-32,34-38,40,42,48H,27,33,39,41H2. The Balaban J connectivity index is 0.975. The number of nitrogens with zero attached hydrogens (tertiary/aromatic N) is 1. The van der Waals surface area contributed by atoms with Crippen molar-refractivity contribution in [3.05, 3.63) is 236 Å². The number of rotatable bonds is 8. The lowest BCUT2D eigenvalue weighted by Gasteiger charge is -2.36. The monoisotopic (exact) mass is 793 g/mol. The van der Waals surface area contributed by atoms with Gasteiger partial charge in [-0.2, -0.15) is 0 Å². The fourth-order valence-corrected chi connectivity index (χ4v) is 11.7. The first kappa shape index (κ1) is 36.6. The van der Waals surface area contributed by atoms with Crippen molar-refractivity contribution in [2.45, 2.75) is 31.1 Å². The van der Waals surface area contributed by atoms with Crippen LogP contribution >= 0.6 is 0 Å². The molecular formula is C61H47N. The number of hydrogen-bond donors (Lipinski definition) is 0. The second-order valence-electron chi connectivity index (χ2n) is 17.6. The van der Waals surface area contributed by atoms with Gasteiger partial charge in [-0.25, -0.2) is 0 Å². The molecule has 1 spiro atoms. The minimum absolute atomic E-state index is 0.162. The lowest BCUT2D eigenvalue weighted by Crippen LogP contribution is -2.31. The lowest BCUT2D eigenvalue weighted by molar-refractivity contribution is 0.327. The Bertz CT molecular complexity index is 3070. The number of fused-ring (bicyclic) bond motifs is 8. The van der Waals surface area contributed by atoms with E-state index in [2.05, 4.69) is 229 Å². The zero-order valence-electron chi connectivity index (χ0n) is 34.8. The Hall–Kier alpha value is -7.22. The summed E-state index contributed by atoms with van der Waals surface area (Å²) < 4.78 is 0. The second kappa shape index (κ2) is 15.0. The third-order valence-corrected chi connectivity index (χ3v) is 14.4. The molecule has 0 N–H and O–H groups in total. The Morgan fingerprint density at radius 2 is 0.806 bits per heavy atom. The van der Waals surface area contributed by atoms with Gasteiger partial charge in [-0.05, 0) is 140 Å². The van der Waals surface area contributed by atoms with Crippen molar-refractivity contribution < 1.29 is 0 Å². The lowest BCUT2D eigenvalue weighted by atomic mass is 9.66. The fraction of sp³-hybridized carbons (Fsp3) is 0.115. The Morgan fingerprint density at radius 1 is 0.339 bits per heavy atom. The molecule has 3 unspecified atom stereocenters. The normalized spacial score (nSPS) is 18.1. The average Bonchev–Trinajstić information content (AvgIpc) is 4.05. The molecule has 12 rings (SSSR count). The molecule has 62 heavy (non-hydrogen) atoms. The van der Waals surface area contributed by atoms with Crippen LogP contribution in [0.15, 0.2) is 224 Å². The largest absolute Gasteiger partial charge is 0.310 e. The fourth-order valence-electron chi connectivity index (χ4n) is 11.7. The summed E-state index contributed by atoms with van der Waals surface area (Å²) in [6, 6.07) is 83.0. The molecule has 0 aliphatic heterocycles. The van der Waals surface area contributed by atoms with Crippen LogP contribution in [0.3, 0.4) is 0 Å². The van der Waals surface area contributed by atoms with E-state index in [9.17, 15) is 0 Å². The van der Waals surface area contributed by atoms with Gasteiger partial charge in [0.15, 0.2) is 0 Å². The molecule has 9 aromatic rings. The molecule has 0 amide bonds. The summed E-state index contributed by atoms with van der Waals surface area (Å²) in [6.07, 6.45) is 5.42. The van der Waals surface area contributed by atoms with Crippen molar-refractivity contribution in [3.63, 3.8) is 0 Å². The summed E-state index contributed by atoms with van der Waals surface area (Å²) in [5.74, 6) is 1.59. The number of para-hydroxylation sites is 1. The molecule has 296 valence electrons. The molecule has 1 heteroatoms. The quantitative estimate of drug-likeness (QED) is 0.148. The maximum Gasteiger partial charge on any atom is 0.0540 e. The summed E-state index contributed by atoms with van der Waals surface area (Å²) >= 11 is 0. The van der Waals surface area contributed by atoms with E-state index in [0.717, 1.165) is 28.9 Å². The van der Waals surface area contributed by atoms with Crippen LogP contribution < -0.4 is 4.90 Å². The molecule has 3 aliphatic rings. The van der Waals surface area contributed by atoms with Crippen LogP contribution in [0.1, 0.15) is 36.8 Å². The van der Waals surface area contributed by atoms with Gasteiger partial charge in [-0.15, -0.1) is 0 Å². The topological polar surface area (TPSA) is 3.24 Å². The Labute approximate surface area is 365 Å². The van der Waals surface area contributed by atoms with Gasteiger partial charge in [-0.1, -0.05) is 194 Å². The maximum atomic E-state index is 2.56. The van der Waals surface area contributed by atoms with Gasteiger partial charge in [-0.3, -0.25) is 0 Å². The highest BCUT2D eigenvalue weighted by Crippen LogP contribution is 2.66. The van der Waals surface area contributed by atoms with E-state index in [1.807, 2.05) is 0 Å². The molecule has 3 aliphatic carbocycles. The summed E-state index contributed by atoms with van der Waals surface area (Å²) in [5, 5.41) is 0. The van der Waals surface area contributed by atoms with Crippen molar-refractivity contribution >= 4 is 17.1 Å². The summed E-state index contributed by atoms with van der Waals surface area (Å²) in [4.78, 5) is 2.44. The van der Waals surface area contributed by atoms with Gasteiger partial charge in [0, 0.05) is 22.4 Å². The molecule has 1 nitrogen and oxygen atoms in total. The van der Waals surface area contributed by atoms with Gasteiger partial charge in [0.2, 0.25) is 0 Å². The zero-order chi connectivity index (χ0) is 41.0. The third-order valence-electron chi connectivity index (χ3n) is 14.4. The van der Waals surface area contributed by atoms with Crippen molar-refractivity contribution in [1.82, 2.24) is 0 Å². The molecule has 0 heterocycles. The van der Waals surface area contributed by atoms with Crippen molar-refractivity contribution in [1.29, 1.82) is 0 Å². The highest BCUT2D eigenvalue weighted by Gasteiger charge is 2.56. The van der Waals surface area contributed by atoms with Gasteiger partial charge >= 0.3 is 0 Å². The maximum absolute atomic E-state index is 2.56. The number of hydrogen-bond acceptors (Lipinski definition) is 1. The predicted octanol–water partition coefficient (Wildman–Crippen LogP) is 16.6. The molecule has 9 aromatic carbocycles. The molecule has 3 atom stereocenters. The summed E-state index contributed by atoms with van der Waals surface area (Å²) in [7, 11) is 0. The van der Waals surface area contributed by atoms with Crippen molar-refractivity contribution in [2.75, 3.05) is 4.90 Å². The van der Waals surface area contributed by atoms with E-state index in [0.29, 0.717) is 0 Å². The molecule has 2 saturated carbocycles. The van der Waals surface area contributed by atoms with Crippen LogP contribution in [0.4, 0.5) is 17.1 Å². The first-order chi connectivity index (χ1) is 30.7.